The first-order valence-corrected chi connectivity index (χ1v) is 11.5. The summed E-state index contributed by atoms with van der Waals surface area (Å²) in [6.07, 6.45) is 1.91. The molecule has 0 amide bonds. The van der Waals surface area contributed by atoms with E-state index in [0.29, 0.717) is 36.3 Å². The number of benzene rings is 1. The number of amidine groups is 1. The third kappa shape index (κ3) is 4.13. The molecule has 0 saturated heterocycles. The fraction of sp³-hybridized carbons (Fsp3) is 0.417. The number of aliphatic imine (C=N–C) groups is 1. The maximum atomic E-state index is 15.0. The van der Waals surface area contributed by atoms with E-state index in [2.05, 4.69) is 9.98 Å². The average molecular weight is 471 g/mol. The van der Waals surface area contributed by atoms with Crippen LogP contribution in [0, 0.1) is 30.0 Å². The van der Waals surface area contributed by atoms with E-state index in [-0.39, 0.29) is 34.5 Å². The lowest BCUT2D eigenvalue weighted by atomic mass is 9.83. The molecule has 2 aliphatic rings. The SMILES string of the molecule is CCOC[C@]12C[C@H]1[C@@](CF)(c1cc(CC(=O)c3ncc(C#N)cc3C)ccc1F)N=C(N)S2. The van der Waals surface area contributed by atoms with Gasteiger partial charge >= 0.3 is 0 Å². The number of rotatable bonds is 8. The Hall–Kier alpha value is -2.83. The number of nitrogens with zero attached hydrogens (tertiary/aromatic N) is 3. The van der Waals surface area contributed by atoms with Crippen LogP contribution >= 0.6 is 11.8 Å². The van der Waals surface area contributed by atoms with Crippen molar-refractivity contribution in [3.8, 4) is 6.07 Å². The van der Waals surface area contributed by atoms with E-state index in [1.165, 1.54) is 36.2 Å². The first kappa shape index (κ1) is 23.3. The number of Topliss-reactive ketones (excluding diaryl/α,β-unsaturated/α-hetero) is 1. The molecule has 33 heavy (non-hydrogen) atoms. The van der Waals surface area contributed by atoms with Crippen LogP contribution in [0.3, 0.4) is 0 Å². The Balaban J connectivity index is 1.67. The van der Waals surface area contributed by atoms with Crippen molar-refractivity contribution >= 4 is 22.7 Å². The lowest BCUT2D eigenvalue weighted by Gasteiger charge is -2.35. The monoisotopic (exact) mass is 470 g/mol. The Bertz CT molecular complexity index is 1180. The molecule has 172 valence electrons. The Morgan fingerprint density at radius 3 is 2.88 bits per heavy atom. The van der Waals surface area contributed by atoms with Crippen LogP contribution in [0.4, 0.5) is 8.78 Å². The van der Waals surface area contributed by atoms with Gasteiger partial charge in [0.05, 0.1) is 16.9 Å². The Morgan fingerprint density at radius 2 is 2.21 bits per heavy atom. The summed E-state index contributed by atoms with van der Waals surface area (Å²) in [5.74, 6) is -1.12. The van der Waals surface area contributed by atoms with Gasteiger partial charge in [-0.15, -0.1) is 0 Å². The van der Waals surface area contributed by atoms with Gasteiger partial charge in [0.25, 0.3) is 0 Å². The fourth-order valence-electron chi connectivity index (χ4n) is 4.63. The largest absolute Gasteiger partial charge is 0.380 e. The highest BCUT2D eigenvalue weighted by atomic mass is 32.2. The van der Waals surface area contributed by atoms with Gasteiger partial charge in [0.1, 0.15) is 29.8 Å². The van der Waals surface area contributed by atoms with E-state index in [1.807, 2.05) is 13.0 Å². The zero-order valence-corrected chi connectivity index (χ0v) is 19.2. The fourth-order valence-corrected chi connectivity index (χ4v) is 5.98. The standard InChI is InChI=1S/C24H24F2N4O2S/c1-3-32-13-23-9-20(23)24(12-25,30-22(28)33-23)17-7-15(4-5-18(17)26)8-19(31)21-14(2)6-16(10-27)11-29-21/h4-7,11,20H,3,8-9,12-13H2,1-2H3,(H2,28,30)/t20-,23-,24-/m1/s1. The van der Waals surface area contributed by atoms with Crippen LogP contribution in [0.2, 0.25) is 0 Å². The minimum absolute atomic E-state index is 0.0436. The molecule has 0 unspecified atom stereocenters. The third-order valence-corrected chi connectivity index (χ3v) is 7.58. The topological polar surface area (TPSA) is 101 Å². The number of fused-ring (bicyclic) bond motifs is 1. The molecule has 0 radical (unpaired) electrons. The summed E-state index contributed by atoms with van der Waals surface area (Å²) < 4.78 is 34.9. The molecule has 1 aromatic carbocycles. The Kier molecular flexibility index (Phi) is 6.25. The Labute approximate surface area is 195 Å². The van der Waals surface area contributed by atoms with Gasteiger partial charge in [-0.1, -0.05) is 17.8 Å². The highest BCUT2D eigenvalue weighted by Gasteiger charge is 2.68. The molecule has 6 nitrogen and oxygen atoms in total. The van der Waals surface area contributed by atoms with Crippen LogP contribution in [-0.2, 0) is 16.7 Å². The summed E-state index contributed by atoms with van der Waals surface area (Å²) in [5, 5.41) is 9.20. The van der Waals surface area contributed by atoms with Crippen molar-refractivity contribution < 1.29 is 18.3 Å². The second-order valence-electron chi connectivity index (χ2n) is 8.48. The molecule has 2 N–H and O–H groups in total. The number of aromatic nitrogens is 1. The number of hydrogen-bond acceptors (Lipinski definition) is 7. The molecule has 1 aliphatic carbocycles. The molecular weight excluding hydrogens is 446 g/mol. The number of ether oxygens (including phenoxy) is 1. The van der Waals surface area contributed by atoms with E-state index in [0.717, 1.165) is 0 Å². The molecule has 2 heterocycles. The maximum Gasteiger partial charge on any atom is 0.185 e. The number of carbonyl (C=O) groups excluding carboxylic acids is 1. The summed E-state index contributed by atoms with van der Waals surface area (Å²) in [6.45, 7) is 3.59. The minimum Gasteiger partial charge on any atom is -0.380 e. The normalized spacial score (nSPS) is 25.7. The lowest BCUT2D eigenvalue weighted by molar-refractivity contribution is 0.0987. The summed E-state index contributed by atoms with van der Waals surface area (Å²) in [4.78, 5) is 21.4. The zero-order chi connectivity index (χ0) is 23.8. The van der Waals surface area contributed by atoms with Gasteiger partial charge in [-0.2, -0.15) is 5.26 Å². The first-order chi connectivity index (χ1) is 15.8. The Morgan fingerprint density at radius 1 is 1.42 bits per heavy atom. The number of carbonyl (C=O) groups is 1. The summed E-state index contributed by atoms with van der Waals surface area (Å²) >= 11 is 1.37. The molecule has 2 aromatic rings. The molecule has 1 aliphatic heterocycles. The van der Waals surface area contributed by atoms with Gasteiger partial charge in [-0.25, -0.2) is 13.8 Å². The number of nitrogens with two attached hydrogens (primary N) is 1. The quantitative estimate of drug-likeness (QED) is 0.588. The predicted molar refractivity (Wildman–Crippen MR) is 122 cm³/mol. The molecule has 1 aromatic heterocycles. The van der Waals surface area contributed by atoms with Crippen LogP contribution in [0.1, 0.15) is 46.1 Å². The number of hydrogen-bond donors (Lipinski definition) is 1. The molecule has 9 heteroatoms. The van der Waals surface area contributed by atoms with Gasteiger partial charge in [-0.05, 0) is 49.6 Å². The van der Waals surface area contributed by atoms with E-state index < -0.39 is 22.8 Å². The number of nitriles is 1. The van der Waals surface area contributed by atoms with Crippen LogP contribution < -0.4 is 5.73 Å². The number of alkyl halides is 1. The summed E-state index contributed by atoms with van der Waals surface area (Å²) in [7, 11) is 0. The van der Waals surface area contributed by atoms with E-state index >= 15 is 4.39 Å². The lowest BCUT2D eigenvalue weighted by Crippen LogP contribution is -2.41. The van der Waals surface area contributed by atoms with Gasteiger partial charge in [0, 0.05) is 30.7 Å². The number of aryl methyl sites for hydroxylation is 1. The average Bonchev–Trinajstić information content (AvgIpc) is 3.53. The highest BCUT2D eigenvalue weighted by Crippen LogP contribution is 2.66. The van der Waals surface area contributed by atoms with Crippen LogP contribution in [-0.4, -0.2) is 40.6 Å². The molecule has 0 spiro atoms. The minimum atomic E-state index is -1.45. The molecule has 4 rings (SSSR count). The van der Waals surface area contributed by atoms with Gasteiger partial charge in [0.15, 0.2) is 11.0 Å². The van der Waals surface area contributed by atoms with Crippen molar-refractivity contribution in [1.82, 2.24) is 4.98 Å². The van der Waals surface area contributed by atoms with Crippen molar-refractivity contribution in [2.45, 2.75) is 37.0 Å². The zero-order valence-electron chi connectivity index (χ0n) is 18.4. The van der Waals surface area contributed by atoms with Crippen molar-refractivity contribution in [2.75, 3.05) is 19.9 Å². The van der Waals surface area contributed by atoms with E-state index in [1.54, 1.807) is 13.0 Å². The van der Waals surface area contributed by atoms with Gasteiger partial charge in [-0.3, -0.25) is 9.78 Å². The van der Waals surface area contributed by atoms with Crippen molar-refractivity contribution in [2.24, 2.45) is 16.6 Å². The van der Waals surface area contributed by atoms with Gasteiger partial charge in [0.2, 0.25) is 0 Å². The van der Waals surface area contributed by atoms with Crippen molar-refractivity contribution in [3.63, 3.8) is 0 Å². The smallest absolute Gasteiger partial charge is 0.185 e. The van der Waals surface area contributed by atoms with Crippen molar-refractivity contribution in [1.29, 1.82) is 5.26 Å². The molecular formula is C24H24F2N4O2S. The van der Waals surface area contributed by atoms with Crippen LogP contribution in [0.25, 0.3) is 0 Å². The second kappa shape index (κ2) is 8.84. The van der Waals surface area contributed by atoms with Crippen LogP contribution in [0.15, 0.2) is 35.5 Å². The molecule has 1 fully saturated rings. The van der Waals surface area contributed by atoms with Crippen molar-refractivity contribution in [3.05, 3.63) is 64.2 Å². The summed E-state index contributed by atoms with van der Waals surface area (Å²) in [5.41, 5.74) is 6.44. The number of ketones is 1. The number of pyridine rings is 1. The molecule has 1 saturated carbocycles. The predicted octanol–water partition coefficient (Wildman–Crippen LogP) is 3.85. The van der Waals surface area contributed by atoms with E-state index in [9.17, 15) is 9.18 Å². The van der Waals surface area contributed by atoms with Crippen LogP contribution in [0.5, 0.6) is 0 Å². The maximum absolute atomic E-state index is 15.0. The second-order valence-corrected chi connectivity index (χ2v) is 9.92. The van der Waals surface area contributed by atoms with Gasteiger partial charge < -0.3 is 10.5 Å². The number of thioether (sulfide) groups is 1. The molecule has 3 atom stereocenters. The van der Waals surface area contributed by atoms with E-state index in [4.69, 9.17) is 15.7 Å². The molecule has 0 bridgehead atoms. The number of halogens is 2. The highest BCUT2D eigenvalue weighted by molar-refractivity contribution is 8.15. The first-order valence-electron chi connectivity index (χ1n) is 10.7. The third-order valence-electron chi connectivity index (χ3n) is 6.31. The summed E-state index contributed by atoms with van der Waals surface area (Å²) in [6, 6.07) is 7.85.